The van der Waals surface area contributed by atoms with E-state index in [2.05, 4.69) is 5.32 Å². The molecule has 1 aromatic rings. The summed E-state index contributed by atoms with van der Waals surface area (Å²) in [5.41, 5.74) is 4.05. The van der Waals surface area contributed by atoms with Crippen molar-refractivity contribution < 1.29 is 22.0 Å². The van der Waals surface area contributed by atoms with E-state index < -0.39 is 34.8 Å². The lowest BCUT2D eigenvalue weighted by molar-refractivity contribution is 0.381. The van der Waals surface area contributed by atoms with Crippen LogP contribution in [0.1, 0.15) is 0 Å². The van der Waals surface area contributed by atoms with E-state index in [0.717, 1.165) is 0 Å². The highest BCUT2D eigenvalue weighted by Crippen LogP contribution is 2.26. The third kappa shape index (κ3) is 2.73. The number of benzene rings is 1. The zero-order valence-electron chi connectivity index (χ0n) is 8.54. The first-order valence-corrected chi connectivity index (χ1v) is 4.61. The Labute approximate surface area is 93.9 Å². The third-order valence-corrected chi connectivity index (χ3v) is 1.91. The maximum absolute atomic E-state index is 13.1. The molecule has 0 saturated carbocycles. The van der Waals surface area contributed by atoms with E-state index in [-0.39, 0.29) is 13.1 Å². The summed E-state index contributed by atoms with van der Waals surface area (Å²) in [7, 11) is 0. The fourth-order valence-corrected chi connectivity index (χ4v) is 1.10. The van der Waals surface area contributed by atoms with Gasteiger partial charge in [0.2, 0.25) is 5.82 Å². The fourth-order valence-electron chi connectivity index (χ4n) is 1.10. The third-order valence-electron chi connectivity index (χ3n) is 1.91. The van der Waals surface area contributed by atoms with Crippen molar-refractivity contribution >= 4 is 5.69 Å². The Balaban J connectivity index is 3.03. The van der Waals surface area contributed by atoms with Crippen molar-refractivity contribution in [3.05, 3.63) is 41.2 Å². The minimum Gasteiger partial charge on any atom is -0.377 e. The zero-order valence-corrected chi connectivity index (χ0v) is 8.54. The molecule has 0 unspecified atom stereocenters. The van der Waals surface area contributed by atoms with E-state index in [9.17, 15) is 22.0 Å². The summed E-state index contributed by atoms with van der Waals surface area (Å²) in [4.78, 5) is 0. The summed E-state index contributed by atoms with van der Waals surface area (Å²) in [6.07, 6.45) is 2.87. The molecule has 0 heterocycles. The Kier molecular flexibility index (Phi) is 4.45. The molecule has 0 aliphatic carbocycles. The molecule has 0 fully saturated rings. The molecule has 1 aromatic carbocycles. The average Bonchev–Trinajstić information content (AvgIpc) is 2.33. The first-order chi connectivity index (χ1) is 8.00. The van der Waals surface area contributed by atoms with Crippen LogP contribution in [0.2, 0.25) is 0 Å². The lowest BCUT2D eigenvalue weighted by Gasteiger charge is -2.08. The Morgan fingerprint density at radius 1 is 0.824 bits per heavy atom. The Morgan fingerprint density at radius 2 is 1.29 bits per heavy atom. The Bertz CT molecular complexity index is 416. The zero-order chi connectivity index (χ0) is 13.0. The molecule has 7 heteroatoms. The highest BCUT2D eigenvalue weighted by molar-refractivity contribution is 5.48. The topological polar surface area (TPSA) is 38.0 Å². The van der Waals surface area contributed by atoms with Crippen molar-refractivity contribution in [2.75, 3.05) is 18.4 Å². The van der Waals surface area contributed by atoms with Crippen molar-refractivity contribution in [1.29, 1.82) is 0 Å². The number of nitrogens with two attached hydrogens (primary N) is 1. The largest absolute Gasteiger partial charge is 0.377 e. The lowest BCUT2D eigenvalue weighted by Crippen LogP contribution is -2.10. The van der Waals surface area contributed by atoms with Gasteiger partial charge in [-0.1, -0.05) is 12.2 Å². The van der Waals surface area contributed by atoms with Gasteiger partial charge >= 0.3 is 0 Å². The minimum atomic E-state index is -2.18. The van der Waals surface area contributed by atoms with Gasteiger partial charge < -0.3 is 11.1 Å². The summed E-state index contributed by atoms with van der Waals surface area (Å²) < 4.78 is 64.3. The predicted octanol–water partition coefficient (Wildman–Crippen LogP) is 2.31. The monoisotopic (exact) mass is 252 g/mol. The van der Waals surface area contributed by atoms with Gasteiger partial charge in [-0.3, -0.25) is 0 Å². The molecular weight excluding hydrogens is 243 g/mol. The number of halogens is 5. The molecule has 1 rings (SSSR count). The number of rotatable bonds is 4. The van der Waals surface area contributed by atoms with Crippen molar-refractivity contribution in [3.63, 3.8) is 0 Å². The fraction of sp³-hybridized carbons (Fsp3) is 0.200. The van der Waals surface area contributed by atoms with Gasteiger partial charge in [-0.25, -0.2) is 22.0 Å². The number of hydrogen-bond acceptors (Lipinski definition) is 2. The molecule has 0 aliphatic rings. The normalized spacial score (nSPS) is 11.2. The van der Waals surface area contributed by atoms with Gasteiger partial charge in [0, 0.05) is 13.1 Å². The standard InChI is InChI=1S/C10H9F5N2/c11-5-6(12)8(14)10(9(15)7(5)13)17-4-2-1-3-16/h1-2,17H,3-4,16H2/b2-1+. The molecule has 17 heavy (non-hydrogen) atoms. The molecule has 94 valence electrons. The van der Waals surface area contributed by atoms with Crippen LogP contribution >= 0.6 is 0 Å². The molecule has 0 aliphatic heterocycles. The SMILES string of the molecule is NC/C=C/CNc1c(F)c(F)c(F)c(F)c1F. The van der Waals surface area contributed by atoms with Crippen molar-refractivity contribution in [3.8, 4) is 0 Å². The van der Waals surface area contributed by atoms with Gasteiger partial charge in [0.25, 0.3) is 0 Å². The van der Waals surface area contributed by atoms with Crippen LogP contribution in [-0.4, -0.2) is 13.1 Å². The first-order valence-electron chi connectivity index (χ1n) is 4.61. The second kappa shape index (κ2) is 5.62. The number of anilines is 1. The Morgan fingerprint density at radius 3 is 1.76 bits per heavy atom. The molecule has 0 aromatic heterocycles. The Hall–Kier alpha value is -1.63. The van der Waals surface area contributed by atoms with Crippen LogP contribution < -0.4 is 11.1 Å². The molecule has 0 bridgehead atoms. The van der Waals surface area contributed by atoms with Crippen LogP contribution in [0.4, 0.5) is 27.6 Å². The van der Waals surface area contributed by atoms with Crippen LogP contribution in [-0.2, 0) is 0 Å². The van der Waals surface area contributed by atoms with Crippen LogP contribution in [0, 0.1) is 29.1 Å². The lowest BCUT2D eigenvalue weighted by atomic mass is 10.2. The molecule has 2 nitrogen and oxygen atoms in total. The maximum Gasteiger partial charge on any atom is 0.200 e. The van der Waals surface area contributed by atoms with Gasteiger partial charge in [-0.15, -0.1) is 0 Å². The molecule has 0 spiro atoms. The van der Waals surface area contributed by atoms with Crippen LogP contribution in [0.5, 0.6) is 0 Å². The molecule has 0 atom stereocenters. The van der Waals surface area contributed by atoms with E-state index in [0.29, 0.717) is 0 Å². The van der Waals surface area contributed by atoms with Crippen LogP contribution in [0.15, 0.2) is 12.2 Å². The van der Waals surface area contributed by atoms with Crippen LogP contribution in [0.25, 0.3) is 0 Å². The minimum absolute atomic E-state index is 0.102. The summed E-state index contributed by atoms with van der Waals surface area (Å²) >= 11 is 0. The van der Waals surface area contributed by atoms with Gasteiger partial charge in [-0.2, -0.15) is 0 Å². The molecule has 0 saturated heterocycles. The molecule has 0 amide bonds. The predicted molar refractivity (Wildman–Crippen MR) is 52.9 cm³/mol. The quantitative estimate of drug-likeness (QED) is 0.373. The van der Waals surface area contributed by atoms with E-state index >= 15 is 0 Å². The molecule has 3 N–H and O–H groups in total. The van der Waals surface area contributed by atoms with E-state index in [1.807, 2.05) is 0 Å². The second-order valence-electron chi connectivity index (χ2n) is 3.03. The smallest absolute Gasteiger partial charge is 0.200 e. The van der Waals surface area contributed by atoms with E-state index in [1.165, 1.54) is 12.2 Å². The van der Waals surface area contributed by atoms with E-state index in [4.69, 9.17) is 5.73 Å². The number of hydrogen-bond donors (Lipinski definition) is 2. The van der Waals surface area contributed by atoms with Gasteiger partial charge in [0.15, 0.2) is 23.3 Å². The highest BCUT2D eigenvalue weighted by atomic mass is 19.2. The van der Waals surface area contributed by atoms with Crippen molar-refractivity contribution in [1.82, 2.24) is 0 Å². The summed E-state index contributed by atoms with van der Waals surface area (Å²) in [6.45, 7) is 0.105. The highest BCUT2D eigenvalue weighted by Gasteiger charge is 2.25. The molecular formula is C10H9F5N2. The van der Waals surface area contributed by atoms with Gasteiger partial charge in [-0.05, 0) is 0 Å². The summed E-state index contributed by atoms with van der Waals surface area (Å²) in [5.74, 6) is -9.91. The molecule has 0 radical (unpaired) electrons. The second-order valence-corrected chi connectivity index (χ2v) is 3.03. The van der Waals surface area contributed by atoms with E-state index in [1.54, 1.807) is 0 Å². The number of nitrogens with one attached hydrogen (secondary N) is 1. The van der Waals surface area contributed by atoms with Crippen LogP contribution in [0.3, 0.4) is 0 Å². The summed E-state index contributed by atoms with van der Waals surface area (Å²) in [5, 5.41) is 2.09. The van der Waals surface area contributed by atoms with Crippen molar-refractivity contribution in [2.24, 2.45) is 5.73 Å². The maximum atomic E-state index is 13.1. The van der Waals surface area contributed by atoms with Gasteiger partial charge in [0.1, 0.15) is 5.69 Å². The van der Waals surface area contributed by atoms with Gasteiger partial charge in [0.05, 0.1) is 0 Å². The first kappa shape index (κ1) is 13.4. The average molecular weight is 252 g/mol. The van der Waals surface area contributed by atoms with Crippen molar-refractivity contribution in [2.45, 2.75) is 0 Å². The summed E-state index contributed by atoms with van der Waals surface area (Å²) in [6, 6.07) is 0.